The topological polar surface area (TPSA) is 189 Å². The SMILES string of the molecule is CN=C(OCCC[C@@H](C)CNc1cc(CN2CCN(CCCCCCCc3cccc4c3CN(C3CCC(=O)NC3=O)C4=O)CC2)ccc1N)C(=CN)c1cc(C=O)cc(C)n1. The summed E-state index contributed by atoms with van der Waals surface area (Å²) in [5.74, 6) is 0.0486. The van der Waals surface area contributed by atoms with Crippen molar-refractivity contribution in [3.8, 4) is 0 Å². The van der Waals surface area contributed by atoms with Gasteiger partial charge in [0.15, 0.2) is 0 Å². The van der Waals surface area contributed by atoms with Gasteiger partial charge in [-0.25, -0.2) is 0 Å². The van der Waals surface area contributed by atoms with Gasteiger partial charge in [-0.05, 0) is 105 Å². The Morgan fingerprint density at radius 3 is 2.55 bits per heavy atom. The predicted molar refractivity (Wildman–Crippen MR) is 245 cm³/mol. The minimum absolute atomic E-state index is 0.106. The van der Waals surface area contributed by atoms with Gasteiger partial charge in [0.1, 0.15) is 12.3 Å². The van der Waals surface area contributed by atoms with Crippen LogP contribution in [0, 0.1) is 12.8 Å². The summed E-state index contributed by atoms with van der Waals surface area (Å²) in [7, 11) is 1.65. The molecule has 0 spiro atoms. The van der Waals surface area contributed by atoms with Crippen LogP contribution in [-0.4, -0.2) is 109 Å². The molecule has 6 rings (SSSR count). The van der Waals surface area contributed by atoms with Gasteiger partial charge in [-0.3, -0.25) is 39.4 Å². The van der Waals surface area contributed by atoms with E-state index in [9.17, 15) is 19.2 Å². The lowest BCUT2D eigenvalue weighted by Gasteiger charge is -2.34. The Labute approximate surface area is 366 Å². The maximum absolute atomic E-state index is 13.2. The van der Waals surface area contributed by atoms with Crippen molar-refractivity contribution in [2.24, 2.45) is 16.6 Å². The number of nitrogen functional groups attached to an aromatic ring is 1. The van der Waals surface area contributed by atoms with E-state index < -0.39 is 6.04 Å². The molecule has 0 aliphatic carbocycles. The smallest absolute Gasteiger partial charge is 0.255 e. The molecule has 14 heteroatoms. The van der Waals surface area contributed by atoms with Crippen molar-refractivity contribution in [1.82, 2.24) is 25.0 Å². The van der Waals surface area contributed by atoms with E-state index in [1.165, 1.54) is 36.6 Å². The van der Waals surface area contributed by atoms with Gasteiger partial charge in [-0.1, -0.05) is 44.4 Å². The number of pyridine rings is 1. The quantitative estimate of drug-likeness (QED) is 0.0256. The summed E-state index contributed by atoms with van der Waals surface area (Å²) in [6.07, 6.45) is 11.4. The second-order valence-corrected chi connectivity index (χ2v) is 17.0. The van der Waals surface area contributed by atoms with Crippen LogP contribution in [0.25, 0.3) is 5.57 Å². The second kappa shape index (κ2) is 22.5. The minimum Gasteiger partial charge on any atom is -0.477 e. The molecule has 1 aromatic heterocycles. The molecular weight excluding hydrogens is 783 g/mol. The van der Waals surface area contributed by atoms with Crippen LogP contribution < -0.4 is 22.1 Å². The fraction of sp³-hybridized carbons (Fsp3) is 0.500. The third kappa shape index (κ3) is 12.3. The number of nitrogens with one attached hydrogen (secondary N) is 2. The molecule has 3 aliphatic heterocycles. The first kappa shape index (κ1) is 45.9. The number of hydrogen-bond donors (Lipinski definition) is 4. The zero-order chi connectivity index (χ0) is 44.0. The van der Waals surface area contributed by atoms with Crippen molar-refractivity contribution < 1.29 is 23.9 Å². The van der Waals surface area contributed by atoms with E-state index in [0.29, 0.717) is 59.5 Å². The molecule has 3 aliphatic rings. The number of nitrogens with zero attached hydrogens (tertiary/aromatic N) is 5. The number of unbranched alkanes of at least 4 members (excludes halogenated alkanes) is 4. The molecule has 2 aromatic carbocycles. The van der Waals surface area contributed by atoms with Crippen molar-refractivity contribution in [2.45, 2.75) is 97.2 Å². The van der Waals surface area contributed by atoms with Gasteiger partial charge < -0.3 is 31.3 Å². The number of aldehydes is 1. The number of nitrogens with two attached hydrogens (primary N) is 2. The van der Waals surface area contributed by atoms with E-state index in [1.54, 1.807) is 24.1 Å². The molecule has 0 saturated carbocycles. The number of fused-ring (bicyclic) bond motifs is 1. The molecule has 4 heterocycles. The molecule has 2 atom stereocenters. The first-order valence-corrected chi connectivity index (χ1v) is 22.3. The Morgan fingerprint density at radius 2 is 1.79 bits per heavy atom. The van der Waals surface area contributed by atoms with Crippen LogP contribution in [0.1, 0.15) is 114 Å². The molecule has 1 unspecified atom stereocenters. The Kier molecular flexibility index (Phi) is 16.6. The summed E-state index contributed by atoms with van der Waals surface area (Å²) < 4.78 is 6.02. The van der Waals surface area contributed by atoms with E-state index in [1.807, 2.05) is 25.1 Å². The molecule has 3 aromatic rings. The number of aromatic nitrogens is 1. The molecule has 0 radical (unpaired) electrons. The molecule has 2 fully saturated rings. The highest BCUT2D eigenvalue weighted by Gasteiger charge is 2.39. The zero-order valence-electron chi connectivity index (χ0n) is 36.8. The number of hydrogen-bond acceptors (Lipinski definition) is 12. The average Bonchev–Trinajstić information content (AvgIpc) is 3.60. The Morgan fingerprint density at radius 1 is 1.02 bits per heavy atom. The van der Waals surface area contributed by atoms with E-state index in [4.69, 9.17) is 16.2 Å². The van der Waals surface area contributed by atoms with Crippen molar-refractivity contribution in [1.29, 1.82) is 0 Å². The van der Waals surface area contributed by atoms with Gasteiger partial charge in [-0.2, -0.15) is 0 Å². The third-order valence-corrected chi connectivity index (χ3v) is 12.3. The molecule has 6 N–H and O–H groups in total. The number of imide groups is 1. The van der Waals surface area contributed by atoms with Gasteiger partial charge in [0.2, 0.25) is 17.7 Å². The van der Waals surface area contributed by atoms with Crippen molar-refractivity contribution >= 4 is 46.9 Å². The largest absolute Gasteiger partial charge is 0.477 e. The Bertz CT molecular complexity index is 2110. The predicted octanol–water partition coefficient (Wildman–Crippen LogP) is 5.73. The number of rotatable bonds is 21. The number of aliphatic imine (C=N–C) groups is 1. The summed E-state index contributed by atoms with van der Waals surface area (Å²) in [5.41, 5.74) is 20.6. The van der Waals surface area contributed by atoms with Crippen molar-refractivity contribution in [2.75, 3.05) is 64.0 Å². The number of anilines is 2. The number of carbonyl (C=O) groups is 4. The maximum atomic E-state index is 13.2. The molecule has 2 saturated heterocycles. The van der Waals surface area contributed by atoms with Crippen LogP contribution in [0.15, 0.2) is 59.7 Å². The summed E-state index contributed by atoms with van der Waals surface area (Å²) in [6.45, 7) is 12.0. The normalized spacial score (nSPS) is 18.1. The molecular formula is C48H65N9O5. The van der Waals surface area contributed by atoms with Gasteiger partial charge in [-0.15, -0.1) is 0 Å². The first-order chi connectivity index (χ1) is 30.1. The lowest BCUT2D eigenvalue weighted by molar-refractivity contribution is -0.136. The highest BCUT2D eigenvalue weighted by Crippen LogP contribution is 2.31. The minimum atomic E-state index is -0.578. The van der Waals surface area contributed by atoms with Crippen molar-refractivity contribution in [3.05, 3.63) is 93.9 Å². The number of amides is 3. The number of ether oxygens (including phenoxy) is 1. The Hall–Kier alpha value is -5.60. The fourth-order valence-corrected chi connectivity index (χ4v) is 8.77. The molecule has 14 nitrogen and oxygen atoms in total. The van der Waals surface area contributed by atoms with Gasteiger partial charge >= 0.3 is 0 Å². The summed E-state index contributed by atoms with van der Waals surface area (Å²) in [6, 6.07) is 15.1. The van der Waals surface area contributed by atoms with Crippen LogP contribution in [0.5, 0.6) is 0 Å². The molecule has 0 bridgehead atoms. The van der Waals surface area contributed by atoms with Crippen LogP contribution in [-0.2, 0) is 33.8 Å². The van der Waals surface area contributed by atoms with Crippen molar-refractivity contribution in [3.63, 3.8) is 0 Å². The van der Waals surface area contributed by atoms with Gasteiger partial charge in [0.05, 0.1) is 29.2 Å². The first-order valence-electron chi connectivity index (χ1n) is 22.3. The number of aryl methyl sites for hydroxylation is 2. The Balaban J connectivity index is 0.833. The summed E-state index contributed by atoms with van der Waals surface area (Å²) >= 11 is 0. The van der Waals surface area contributed by atoms with Crippen LogP contribution in [0.4, 0.5) is 11.4 Å². The second-order valence-electron chi connectivity index (χ2n) is 17.0. The molecule has 62 heavy (non-hydrogen) atoms. The van der Waals surface area contributed by atoms with Gasteiger partial charge in [0.25, 0.3) is 5.91 Å². The van der Waals surface area contributed by atoms with Crippen LogP contribution in [0.2, 0.25) is 0 Å². The number of benzene rings is 2. The fourth-order valence-electron chi connectivity index (χ4n) is 8.77. The van der Waals surface area contributed by atoms with Crippen LogP contribution >= 0.6 is 0 Å². The number of piperidine rings is 1. The standard InChI is InChI=1S/C48H65N9O5/c1-33(11-10-24-62-47(51-3)39(28-49)42-27-36(32-58)25-34(2)53-42)29-52-43-26-35(15-16-41(43)50)30-56-22-20-55(21-23-56)19-8-6-4-5-7-12-37-13-9-14-38-40(37)31-57(48(38)61)44-17-18-45(59)54-46(44)60/h9,13-16,25-28,32-33,44,52H,4-8,10-12,17-24,29-31,49-50H2,1-3H3,(H,54,59,60)/t33-,44?/m1/s1. The summed E-state index contributed by atoms with van der Waals surface area (Å²) in [5, 5.41) is 5.97. The van der Waals surface area contributed by atoms with Gasteiger partial charge in [0, 0.05) is 82.3 Å². The summed E-state index contributed by atoms with van der Waals surface area (Å²) in [4.78, 5) is 64.2. The molecule has 332 valence electrons. The van der Waals surface area contributed by atoms with E-state index in [0.717, 1.165) is 101 Å². The maximum Gasteiger partial charge on any atom is 0.255 e. The highest BCUT2D eigenvalue weighted by atomic mass is 16.5. The van der Waals surface area contributed by atoms with Crippen LogP contribution in [0.3, 0.4) is 0 Å². The van der Waals surface area contributed by atoms with E-state index in [2.05, 4.69) is 55.5 Å². The van der Waals surface area contributed by atoms with E-state index in [-0.39, 0.29) is 24.1 Å². The third-order valence-electron chi connectivity index (χ3n) is 12.3. The highest BCUT2D eigenvalue weighted by molar-refractivity contribution is 6.19. The number of piperazine rings is 1. The monoisotopic (exact) mass is 848 g/mol. The molecule has 3 amide bonds. The number of carbonyl (C=O) groups excluding carboxylic acids is 4. The lowest BCUT2D eigenvalue weighted by Crippen LogP contribution is -2.52. The van der Waals surface area contributed by atoms with E-state index >= 15 is 0 Å². The lowest BCUT2D eigenvalue weighted by atomic mass is 9.98. The zero-order valence-corrected chi connectivity index (χ0v) is 36.8. The average molecular weight is 848 g/mol.